The van der Waals surface area contributed by atoms with Gasteiger partial charge < -0.3 is 0 Å². The number of hydrogen-bond donors (Lipinski definition) is 2. The standard InChI is InChI=1S/C4H9NO3/c1-2-3-4(6)5(7)8/h7-8H,2-3H2,1H3. The van der Waals surface area contributed by atoms with E-state index in [2.05, 4.69) is 0 Å². The third-order valence-corrected chi connectivity index (χ3v) is 0.687. The van der Waals surface area contributed by atoms with Gasteiger partial charge in [0.15, 0.2) is 0 Å². The highest BCUT2D eigenvalue weighted by molar-refractivity contribution is 5.73. The smallest absolute Gasteiger partial charge is 0.270 e. The third kappa shape index (κ3) is 2.54. The predicted octanol–water partition coefficient (Wildman–Crippen LogP) is 0.393. The zero-order valence-corrected chi connectivity index (χ0v) is 4.66. The zero-order chi connectivity index (χ0) is 6.57. The Hall–Kier alpha value is -0.610. The molecule has 0 saturated heterocycles. The lowest BCUT2D eigenvalue weighted by Gasteiger charge is -2.02. The lowest BCUT2D eigenvalue weighted by atomic mass is 10.3. The second-order valence-corrected chi connectivity index (χ2v) is 1.43. The molecule has 0 aliphatic heterocycles. The van der Waals surface area contributed by atoms with Gasteiger partial charge in [0.25, 0.3) is 5.91 Å². The molecule has 0 unspecified atom stereocenters. The molecule has 0 saturated carbocycles. The molecule has 4 heteroatoms. The molecule has 0 aromatic heterocycles. The first-order chi connectivity index (χ1) is 3.68. The van der Waals surface area contributed by atoms with Gasteiger partial charge in [0, 0.05) is 6.42 Å². The second kappa shape index (κ2) is 3.40. The molecule has 0 aliphatic carbocycles. The molecule has 0 heterocycles. The number of carbonyl (C=O) groups is 1. The van der Waals surface area contributed by atoms with Gasteiger partial charge in [0.05, 0.1) is 0 Å². The maximum absolute atomic E-state index is 10.2. The second-order valence-electron chi connectivity index (χ2n) is 1.43. The van der Waals surface area contributed by atoms with Gasteiger partial charge in [-0.3, -0.25) is 15.2 Å². The van der Waals surface area contributed by atoms with Crippen molar-refractivity contribution in [1.82, 2.24) is 5.23 Å². The molecule has 8 heavy (non-hydrogen) atoms. The van der Waals surface area contributed by atoms with Crippen molar-refractivity contribution >= 4 is 5.91 Å². The van der Waals surface area contributed by atoms with Crippen molar-refractivity contribution in [3.63, 3.8) is 0 Å². The molecule has 48 valence electrons. The van der Waals surface area contributed by atoms with E-state index in [0.29, 0.717) is 6.42 Å². The van der Waals surface area contributed by atoms with Crippen LogP contribution in [0, 0.1) is 0 Å². The van der Waals surface area contributed by atoms with Crippen LogP contribution in [0.1, 0.15) is 19.8 Å². The van der Waals surface area contributed by atoms with Crippen molar-refractivity contribution in [1.29, 1.82) is 0 Å². The summed E-state index contributed by atoms with van der Waals surface area (Å²) >= 11 is 0. The monoisotopic (exact) mass is 119 g/mol. The Kier molecular flexibility index (Phi) is 3.14. The first-order valence-corrected chi connectivity index (χ1v) is 2.39. The first-order valence-electron chi connectivity index (χ1n) is 2.39. The Morgan fingerprint density at radius 3 is 2.25 bits per heavy atom. The van der Waals surface area contributed by atoms with Crippen LogP contribution < -0.4 is 0 Å². The SMILES string of the molecule is CCCC(=O)N(O)O. The molecule has 0 atom stereocenters. The molecule has 0 aromatic rings. The highest BCUT2D eigenvalue weighted by Gasteiger charge is 2.03. The fourth-order valence-corrected chi connectivity index (χ4v) is 0.314. The summed E-state index contributed by atoms with van der Waals surface area (Å²) in [5.41, 5.74) is 0. The fourth-order valence-electron chi connectivity index (χ4n) is 0.314. The maximum Gasteiger partial charge on any atom is 0.273 e. The minimum Gasteiger partial charge on any atom is -0.270 e. The number of nitrogens with zero attached hydrogens (tertiary/aromatic N) is 1. The van der Waals surface area contributed by atoms with Gasteiger partial charge in [-0.15, -0.1) is 0 Å². The predicted molar refractivity (Wildman–Crippen MR) is 25.3 cm³/mol. The van der Waals surface area contributed by atoms with Gasteiger partial charge in [-0.2, -0.15) is 0 Å². The highest BCUT2D eigenvalue weighted by atomic mass is 16.8. The van der Waals surface area contributed by atoms with E-state index < -0.39 is 5.91 Å². The molecule has 0 bridgehead atoms. The molecule has 0 aliphatic rings. The lowest BCUT2D eigenvalue weighted by Crippen LogP contribution is -2.22. The van der Waals surface area contributed by atoms with Crippen LogP contribution in [-0.2, 0) is 4.79 Å². The molecular formula is C4H9NO3. The van der Waals surface area contributed by atoms with Crippen molar-refractivity contribution in [3.8, 4) is 0 Å². The average molecular weight is 119 g/mol. The van der Waals surface area contributed by atoms with Gasteiger partial charge in [0.1, 0.15) is 0 Å². The summed E-state index contributed by atoms with van der Waals surface area (Å²) in [5.74, 6) is -0.674. The van der Waals surface area contributed by atoms with Crippen LogP contribution in [0.3, 0.4) is 0 Å². The lowest BCUT2D eigenvalue weighted by molar-refractivity contribution is -0.285. The Labute approximate surface area is 47.3 Å². The van der Waals surface area contributed by atoms with E-state index in [0.717, 1.165) is 0 Å². The number of amides is 1. The van der Waals surface area contributed by atoms with Crippen LogP contribution >= 0.6 is 0 Å². The van der Waals surface area contributed by atoms with Crippen LogP contribution in [0.4, 0.5) is 0 Å². The van der Waals surface area contributed by atoms with Crippen molar-refractivity contribution in [2.45, 2.75) is 19.8 Å². The minimum atomic E-state index is -0.674. The normalized spacial score (nSPS) is 8.88. The van der Waals surface area contributed by atoms with Gasteiger partial charge in [-0.25, -0.2) is 0 Å². The van der Waals surface area contributed by atoms with E-state index in [1.165, 1.54) is 0 Å². The van der Waals surface area contributed by atoms with Crippen LogP contribution in [0.2, 0.25) is 0 Å². The van der Waals surface area contributed by atoms with Gasteiger partial charge in [-0.05, 0) is 6.42 Å². The summed E-state index contributed by atoms with van der Waals surface area (Å²) < 4.78 is 0. The fraction of sp³-hybridized carbons (Fsp3) is 0.750. The van der Waals surface area contributed by atoms with Gasteiger partial charge in [-0.1, -0.05) is 12.2 Å². The molecule has 1 amide bonds. The highest BCUT2D eigenvalue weighted by Crippen LogP contribution is 1.89. The number of rotatable bonds is 2. The maximum atomic E-state index is 10.2. The number of hydroxylamine groups is 2. The summed E-state index contributed by atoms with van der Waals surface area (Å²) in [7, 11) is 0. The molecule has 0 aromatic carbocycles. The summed E-state index contributed by atoms with van der Waals surface area (Å²) in [6, 6.07) is 0. The number of carbonyl (C=O) groups excluding carboxylic acids is 1. The van der Waals surface area contributed by atoms with Crippen molar-refractivity contribution in [2.75, 3.05) is 0 Å². The average Bonchev–Trinajstić information content (AvgIpc) is 1.67. The van der Waals surface area contributed by atoms with Gasteiger partial charge in [0.2, 0.25) is 0 Å². The van der Waals surface area contributed by atoms with E-state index in [9.17, 15) is 4.79 Å². The van der Waals surface area contributed by atoms with E-state index >= 15 is 0 Å². The molecular weight excluding hydrogens is 110 g/mol. The van der Waals surface area contributed by atoms with Crippen LogP contribution in [0.25, 0.3) is 0 Å². The topological polar surface area (TPSA) is 60.8 Å². The Morgan fingerprint density at radius 1 is 1.62 bits per heavy atom. The largest absolute Gasteiger partial charge is 0.273 e. The van der Waals surface area contributed by atoms with E-state index in [4.69, 9.17) is 10.4 Å². The Balaban J connectivity index is 3.33. The minimum absolute atomic E-state index is 0.174. The van der Waals surface area contributed by atoms with Crippen LogP contribution in [-0.4, -0.2) is 21.5 Å². The van der Waals surface area contributed by atoms with E-state index in [1.807, 2.05) is 0 Å². The first kappa shape index (κ1) is 7.39. The Bertz CT molecular complexity index is 81.4. The summed E-state index contributed by atoms with van der Waals surface area (Å²) in [6.45, 7) is 1.78. The van der Waals surface area contributed by atoms with E-state index in [-0.39, 0.29) is 11.6 Å². The molecule has 4 nitrogen and oxygen atoms in total. The molecule has 0 radical (unpaired) electrons. The van der Waals surface area contributed by atoms with Crippen molar-refractivity contribution < 1.29 is 15.2 Å². The quantitative estimate of drug-likeness (QED) is 0.408. The van der Waals surface area contributed by atoms with Gasteiger partial charge >= 0.3 is 0 Å². The third-order valence-electron chi connectivity index (χ3n) is 0.687. The van der Waals surface area contributed by atoms with Crippen molar-refractivity contribution in [2.24, 2.45) is 0 Å². The molecule has 0 fully saturated rings. The summed E-state index contributed by atoms with van der Waals surface area (Å²) in [4.78, 5) is 10.2. The van der Waals surface area contributed by atoms with Crippen LogP contribution in [0.5, 0.6) is 0 Å². The number of hydrogen-bond acceptors (Lipinski definition) is 3. The molecule has 2 N–H and O–H groups in total. The summed E-state index contributed by atoms with van der Waals surface area (Å²) in [6.07, 6.45) is 0.795. The summed E-state index contributed by atoms with van der Waals surface area (Å²) in [5, 5.41) is 15.6. The molecule has 0 spiro atoms. The van der Waals surface area contributed by atoms with Crippen LogP contribution in [0.15, 0.2) is 0 Å². The van der Waals surface area contributed by atoms with Crippen molar-refractivity contribution in [3.05, 3.63) is 0 Å². The Morgan fingerprint density at radius 2 is 2.12 bits per heavy atom. The van der Waals surface area contributed by atoms with E-state index in [1.54, 1.807) is 6.92 Å². The zero-order valence-electron chi connectivity index (χ0n) is 4.66. The molecule has 0 rings (SSSR count).